The third-order valence-corrected chi connectivity index (χ3v) is 0.762. The molecule has 0 bridgehead atoms. The molecule has 0 aliphatic rings. The highest BCUT2D eigenvalue weighted by Crippen LogP contribution is 2.34. The zero-order chi connectivity index (χ0) is 8.41. The monoisotopic (exact) mass is 162 g/mol. The van der Waals surface area contributed by atoms with Crippen molar-refractivity contribution in [3.05, 3.63) is 7.05 Å². The van der Waals surface area contributed by atoms with Crippen molar-refractivity contribution in [2.24, 2.45) is 0 Å². The average molecular weight is 162 g/mol. The molecule has 0 heterocycles. The number of nitrogens with one attached hydrogen (secondary N) is 1. The Labute approximate surface area is 54.2 Å². The lowest BCUT2D eigenvalue weighted by Crippen LogP contribution is -2.43. The van der Waals surface area contributed by atoms with Gasteiger partial charge in [-0.15, -0.1) is 0 Å². The smallest absolute Gasteiger partial charge is 0.310 e. The Morgan fingerprint density at radius 2 is 1.50 bits per heavy atom. The van der Waals surface area contributed by atoms with E-state index in [0.29, 0.717) is 0 Å². The van der Waals surface area contributed by atoms with Crippen molar-refractivity contribution in [2.45, 2.75) is 12.1 Å². The maximum Gasteiger partial charge on any atom is 0.454 e. The first-order valence-electron chi connectivity index (χ1n) is 2.26. The minimum absolute atomic E-state index is 1.49. The normalized spacial score (nSPS) is 13.8. The number of hydrogen-bond acceptors (Lipinski definition) is 1. The van der Waals surface area contributed by atoms with Crippen LogP contribution in [-0.4, -0.2) is 18.6 Å². The molecule has 0 fully saturated rings. The van der Waals surface area contributed by atoms with Gasteiger partial charge in [0.2, 0.25) is 0 Å². The van der Waals surface area contributed by atoms with Crippen LogP contribution in [0.2, 0.25) is 0 Å². The third kappa shape index (κ3) is 2.09. The number of halogens is 5. The second kappa shape index (κ2) is 2.69. The van der Waals surface area contributed by atoms with Gasteiger partial charge in [0.15, 0.2) is 0 Å². The summed E-state index contributed by atoms with van der Waals surface area (Å²) in [4.78, 5) is 0. The molecule has 0 atom stereocenters. The highest BCUT2D eigenvalue weighted by molar-refractivity contribution is 4.77. The summed E-state index contributed by atoms with van der Waals surface area (Å²) in [6, 6.07) is 0. The third-order valence-electron chi connectivity index (χ3n) is 0.762. The van der Waals surface area contributed by atoms with E-state index in [-0.39, 0.29) is 0 Å². The fourth-order valence-corrected chi connectivity index (χ4v) is 0.257. The lowest BCUT2D eigenvalue weighted by atomic mass is 10.3. The predicted octanol–water partition coefficient (Wildman–Crippen LogP) is 1.57. The highest BCUT2D eigenvalue weighted by Gasteiger charge is 2.56. The molecule has 0 saturated heterocycles. The second-order valence-electron chi connectivity index (χ2n) is 1.63. The summed E-state index contributed by atoms with van der Waals surface area (Å²) in [5.74, 6) is -4.69. The van der Waals surface area contributed by atoms with Crippen molar-refractivity contribution in [1.29, 1.82) is 0 Å². The fraction of sp³-hybridized carbons (Fsp3) is 0.750. The Kier molecular flexibility index (Phi) is 2.59. The molecule has 10 heavy (non-hydrogen) atoms. The van der Waals surface area contributed by atoms with E-state index in [1.54, 1.807) is 0 Å². The molecular formula is C4H5F5N. The van der Waals surface area contributed by atoms with Gasteiger partial charge in [-0.05, 0) is 0 Å². The van der Waals surface area contributed by atoms with Crippen molar-refractivity contribution < 1.29 is 22.0 Å². The quantitative estimate of drug-likeness (QED) is 0.607. The van der Waals surface area contributed by atoms with Crippen molar-refractivity contribution in [3.63, 3.8) is 0 Å². The van der Waals surface area contributed by atoms with E-state index in [1.807, 2.05) is 0 Å². The molecule has 0 aliphatic carbocycles. The molecular weight excluding hydrogens is 157 g/mol. The summed E-state index contributed by atoms with van der Waals surface area (Å²) in [5, 5.41) is 1.49. The predicted molar refractivity (Wildman–Crippen MR) is 24.4 cm³/mol. The van der Waals surface area contributed by atoms with Crippen LogP contribution in [0.25, 0.3) is 0 Å². The molecule has 0 aromatic rings. The first-order chi connectivity index (χ1) is 4.31. The summed E-state index contributed by atoms with van der Waals surface area (Å²) in [6.45, 7) is -1.49. The maximum atomic E-state index is 11.7. The second-order valence-corrected chi connectivity index (χ2v) is 1.63. The lowest BCUT2D eigenvalue weighted by molar-refractivity contribution is -0.278. The van der Waals surface area contributed by atoms with Crippen LogP contribution in [0, 0.1) is 7.05 Å². The summed E-state index contributed by atoms with van der Waals surface area (Å²) in [5.41, 5.74) is 0. The van der Waals surface area contributed by atoms with E-state index in [4.69, 9.17) is 0 Å². The molecule has 0 rings (SSSR count). The van der Waals surface area contributed by atoms with Gasteiger partial charge in [0.05, 0.1) is 6.54 Å². The molecule has 0 amide bonds. The Balaban J connectivity index is 4.10. The SMILES string of the molecule is [CH2]NCC(F)(F)C(F)(F)F. The minimum atomic E-state index is -5.49. The van der Waals surface area contributed by atoms with Gasteiger partial charge in [-0.3, -0.25) is 0 Å². The Morgan fingerprint density at radius 1 is 1.10 bits per heavy atom. The Hall–Kier alpha value is -0.390. The van der Waals surface area contributed by atoms with E-state index < -0.39 is 18.6 Å². The van der Waals surface area contributed by atoms with Crippen LogP contribution < -0.4 is 5.32 Å². The zero-order valence-corrected chi connectivity index (χ0v) is 4.80. The van der Waals surface area contributed by atoms with Gasteiger partial charge < -0.3 is 5.32 Å². The molecule has 1 nitrogen and oxygen atoms in total. The van der Waals surface area contributed by atoms with Gasteiger partial charge in [0, 0.05) is 7.05 Å². The zero-order valence-electron chi connectivity index (χ0n) is 4.80. The van der Waals surface area contributed by atoms with Crippen LogP contribution in [0.1, 0.15) is 0 Å². The largest absolute Gasteiger partial charge is 0.454 e. The van der Waals surface area contributed by atoms with Gasteiger partial charge in [-0.2, -0.15) is 22.0 Å². The summed E-state index contributed by atoms with van der Waals surface area (Å²) in [6.07, 6.45) is -5.49. The van der Waals surface area contributed by atoms with Crippen molar-refractivity contribution in [1.82, 2.24) is 5.32 Å². The van der Waals surface area contributed by atoms with Crippen molar-refractivity contribution >= 4 is 0 Å². The van der Waals surface area contributed by atoms with Crippen molar-refractivity contribution in [2.75, 3.05) is 6.54 Å². The number of rotatable bonds is 2. The average Bonchev–Trinajstić information content (AvgIpc) is 1.61. The number of alkyl halides is 5. The summed E-state index contributed by atoms with van der Waals surface area (Å²) in [7, 11) is 2.65. The van der Waals surface area contributed by atoms with Crippen LogP contribution in [0.5, 0.6) is 0 Å². The van der Waals surface area contributed by atoms with E-state index >= 15 is 0 Å². The molecule has 0 spiro atoms. The van der Waals surface area contributed by atoms with Crippen LogP contribution in [0.4, 0.5) is 22.0 Å². The van der Waals surface area contributed by atoms with Gasteiger partial charge in [0.1, 0.15) is 0 Å². The van der Waals surface area contributed by atoms with Gasteiger partial charge in [0.25, 0.3) is 0 Å². The molecule has 6 heteroatoms. The van der Waals surface area contributed by atoms with Crippen LogP contribution in [0.3, 0.4) is 0 Å². The van der Waals surface area contributed by atoms with Gasteiger partial charge in [-0.25, -0.2) is 0 Å². The van der Waals surface area contributed by atoms with E-state index in [1.165, 1.54) is 5.32 Å². The fourth-order valence-electron chi connectivity index (χ4n) is 0.257. The minimum Gasteiger partial charge on any atom is -0.310 e. The first kappa shape index (κ1) is 9.61. The molecule has 1 N–H and O–H groups in total. The van der Waals surface area contributed by atoms with E-state index in [2.05, 4.69) is 7.05 Å². The molecule has 0 unspecified atom stereocenters. The van der Waals surface area contributed by atoms with Crippen LogP contribution in [0.15, 0.2) is 0 Å². The standard InChI is InChI=1S/C4H5F5N/c1-10-2-3(5,6)4(7,8)9/h10H,1-2H2. The molecule has 0 saturated carbocycles. The van der Waals surface area contributed by atoms with E-state index in [0.717, 1.165) is 0 Å². The Bertz CT molecular complexity index is 107. The topological polar surface area (TPSA) is 12.0 Å². The molecule has 61 valence electrons. The summed E-state index contributed by atoms with van der Waals surface area (Å²) >= 11 is 0. The highest BCUT2D eigenvalue weighted by atomic mass is 19.4. The van der Waals surface area contributed by atoms with Crippen LogP contribution >= 0.6 is 0 Å². The summed E-state index contributed by atoms with van der Waals surface area (Å²) < 4.78 is 57.0. The van der Waals surface area contributed by atoms with Gasteiger partial charge in [-0.1, -0.05) is 0 Å². The molecule has 0 aromatic heterocycles. The Morgan fingerprint density at radius 3 is 1.60 bits per heavy atom. The van der Waals surface area contributed by atoms with Crippen molar-refractivity contribution in [3.8, 4) is 0 Å². The van der Waals surface area contributed by atoms with Gasteiger partial charge >= 0.3 is 12.1 Å². The maximum absolute atomic E-state index is 11.7. The number of hydrogen-bond donors (Lipinski definition) is 1. The molecule has 1 radical (unpaired) electrons. The van der Waals surface area contributed by atoms with Crippen LogP contribution in [-0.2, 0) is 0 Å². The lowest BCUT2D eigenvalue weighted by Gasteiger charge is -2.18. The van der Waals surface area contributed by atoms with E-state index in [9.17, 15) is 22.0 Å². The molecule has 0 aromatic carbocycles. The first-order valence-corrected chi connectivity index (χ1v) is 2.26. The molecule has 0 aliphatic heterocycles.